The highest BCUT2D eigenvalue weighted by Crippen LogP contribution is 2.19. The minimum Gasteiger partial charge on any atom is -0.237 e. The zero-order valence-electron chi connectivity index (χ0n) is 11.1. The SMILES string of the molecule is C/C(=C/C(Cl)=Nc1ccccc1)c1ccccc1C. The van der Waals surface area contributed by atoms with E-state index in [9.17, 15) is 0 Å². The molecular weight excluding hydrogens is 254 g/mol. The molecule has 0 amide bonds. The van der Waals surface area contributed by atoms with Crippen LogP contribution in [-0.2, 0) is 0 Å². The van der Waals surface area contributed by atoms with Gasteiger partial charge < -0.3 is 0 Å². The van der Waals surface area contributed by atoms with E-state index in [1.807, 2.05) is 55.5 Å². The van der Waals surface area contributed by atoms with Crippen molar-refractivity contribution in [1.82, 2.24) is 0 Å². The number of nitrogens with zero attached hydrogens (tertiary/aromatic N) is 1. The van der Waals surface area contributed by atoms with E-state index in [-0.39, 0.29) is 0 Å². The lowest BCUT2D eigenvalue weighted by Gasteiger charge is -2.05. The molecule has 0 heterocycles. The molecule has 2 heteroatoms. The van der Waals surface area contributed by atoms with E-state index >= 15 is 0 Å². The largest absolute Gasteiger partial charge is 0.237 e. The summed E-state index contributed by atoms with van der Waals surface area (Å²) in [6, 6.07) is 18.0. The van der Waals surface area contributed by atoms with E-state index in [4.69, 9.17) is 11.6 Å². The highest BCUT2D eigenvalue weighted by Gasteiger charge is 2.00. The first-order valence-electron chi connectivity index (χ1n) is 6.20. The van der Waals surface area contributed by atoms with Gasteiger partial charge in [0.1, 0.15) is 5.17 Å². The lowest BCUT2D eigenvalue weighted by atomic mass is 10.0. The third kappa shape index (κ3) is 3.80. The number of allylic oxidation sites excluding steroid dienone is 2. The van der Waals surface area contributed by atoms with E-state index in [0.717, 1.165) is 11.3 Å². The van der Waals surface area contributed by atoms with Gasteiger partial charge in [0.15, 0.2) is 0 Å². The summed E-state index contributed by atoms with van der Waals surface area (Å²) in [7, 11) is 0. The number of aryl methyl sites for hydroxylation is 1. The van der Waals surface area contributed by atoms with Gasteiger partial charge >= 0.3 is 0 Å². The topological polar surface area (TPSA) is 12.4 Å². The minimum atomic E-state index is 0.493. The van der Waals surface area contributed by atoms with Crippen LogP contribution in [0.3, 0.4) is 0 Å². The summed E-state index contributed by atoms with van der Waals surface area (Å²) >= 11 is 6.19. The Kier molecular flexibility index (Phi) is 4.53. The molecule has 0 aliphatic rings. The number of hydrogen-bond donors (Lipinski definition) is 0. The highest BCUT2D eigenvalue weighted by atomic mass is 35.5. The third-order valence-electron chi connectivity index (χ3n) is 2.90. The number of para-hydroxylation sites is 1. The number of benzene rings is 2. The normalized spacial score (nSPS) is 12.6. The van der Waals surface area contributed by atoms with Gasteiger partial charge in [-0.2, -0.15) is 0 Å². The van der Waals surface area contributed by atoms with Crippen LogP contribution in [-0.4, -0.2) is 5.17 Å². The monoisotopic (exact) mass is 269 g/mol. The van der Waals surface area contributed by atoms with Crippen LogP contribution in [0.4, 0.5) is 5.69 Å². The van der Waals surface area contributed by atoms with E-state index in [2.05, 4.69) is 24.0 Å². The van der Waals surface area contributed by atoms with Crippen molar-refractivity contribution in [2.45, 2.75) is 13.8 Å². The molecule has 0 atom stereocenters. The molecule has 0 saturated carbocycles. The maximum atomic E-state index is 6.19. The Bertz CT molecular complexity index is 612. The molecule has 96 valence electrons. The zero-order valence-corrected chi connectivity index (χ0v) is 11.9. The van der Waals surface area contributed by atoms with Gasteiger partial charge in [-0.05, 0) is 48.8 Å². The van der Waals surface area contributed by atoms with Gasteiger partial charge in [-0.3, -0.25) is 0 Å². The van der Waals surface area contributed by atoms with Crippen molar-refractivity contribution in [1.29, 1.82) is 0 Å². The zero-order chi connectivity index (χ0) is 13.7. The third-order valence-corrected chi connectivity index (χ3v) is 3.09. The van der Waals surface area contributed by atoms with Gasteiger partial charge in [-0.25, -0.2) is 4.99 Å². The van der Waals surface area contributed by atoms with Crippen molar-refractivity contribution in [3.8, 4) is 0 Å². The van der Waals surface area contributed by atoms with Crippen LogP contribution >= 0.6 is 11.6 Å². The standard InChI is InChI=1S/C17H16ClN/c1-13-8-6-7-11-16(13)14(2)12-17(18)19-15-9-4-3-5-10-15/h3-12H,1-2H3/b14-12-,19-17?. The van der Waals surface area contributed by atoms with E-state index in [1.54, 1.807) is 0 Å². The molecule has 0 aromatic heterocycles. The molecule has 19 heavy (non-hydrogen) atoms. The Labute approximate surface area is 119 Å². The molecule has 0 bridgehead atoms. The Morgan fingerprint density at radius 3 is 2.32 bits per heavy atom. The van der Waals surface area contributed by atoms with Crippen molar-refractivity contribution in [2.75, 3.05) is 0 Å². The van der Waals surface area contributed by atoms with Crippen molar-refractivity contribution in [2.24, 2.45) is 4.99 Å². The molecule has 0 aliphatic heterocycles. The van der Waals surface area contributed by atoms with Crippen LogP contribution in [0.25, 0.3) is 5.57 Å². The number of hydrogen-bond acceptors (Lipinski definition) is 1. The van der Waals surface area contributed by atoms with E-state index in [0.29, 0.717) is 5.17 Å². The molecular formula is C17H16ClN. The maximum Gasteiger partial charge on any atom is 0.130 e. The van der Waals surface area contributed by atoms with Gasteiger partial charge in [0.25, 0.3) is 0 Å². The van der Waals surface area contributed by atoms with Crippen LogP contribution < -0.4 is 0 Å². The minimum absolute atomic E-state index is 0.493. The summed E-state index contributed by atoms with van der Waals surface area (Å²) in [5.41, 5.74) is 4.41. The fraction of sp³-hybridized carbons (Fsp3) is 0.118. The quantitative estimate of drug-likeness (QED) is 0.665. The first kappa shape index (κ1) is 13.6. The summed E-state index contributed by atoms with van der Waals surface area (Å²) < 4.78 is 0. The first-order valence-corrected chi connectivity index (χ1v) is 6.58. The highest BCUT2D eigenvalue weighted by molar-refractivity contribution is 6.69. The molecule has 2 rings (SSSR count). The van der Waals surface area contributed by atoms with Crippen molar-refractivity contribution < 1.29 is 0 Å². The second-order valence-electron chi connectivity index (χ2n) is 4.41. The Hall–Kier alpha value is -1.86. The average Bonchev–Trinajstić information content (AvgIpc) is 2.40. The van der Waals surface area contributed by atoms with Crippen LogP contribution in [0.15, 0.2) is 65.7 Å². The van der Waals surface area contributed by atoms with Crippen LogP contribution in [0, 0.1) is 6.92 Å². The lowest BCUT2D eigenvalue weighted by Crippen LogP contribution is -1.88. The van der Waals surface area contributed by atoms with Crippen molar-refractivity contribution >= 4 is 28.0 Å². The van der Waals surface area contributed by atoms with Crippen LogP contribution in [0.5, 0.6) is 0 Å². The van der Waals surface area contributed by atoms with Crippen molar-refractivity contribution in [3.05, 3.63) is 71.8 Å². The molecule has 0 radical (unpaired) electrons. The van der Waals surface area contributed by atoms with Gasteiger partial charge in [0.2, 0.25) is 0 Å². The summed E-state index contributed by atoms with van der Waals surface area (Å²) in [5.74, 6) is 0. The molecule has 0 aliphatic carbocycles. The fourth-order valence-corrected chi connectivity index (χ4v) is 2.19. The molecule has 1 nitrogen and oxygen atoms in total. The molecule has 0 saturated heterocycles. The fourth-order valence-electron chi connectivity index (χ4n) is 1.93. The molecule has 0 fully saturated rings. The molecule has 0 unspecified atom stereocenters. The summed E-state index contributed by atoms with van der Waals surface area (Å²) in [5, 5.41) is 0.493. The number of rotatable bonds is 3. The van der Waals surface area contributed by atoms with Gasteiger partial charge in [-0.15, -0.1) is 0 Å². The Balaban J connectivity index is 2.26. The van der Waals surface area contributed by atoms with Crippen LogP contribution in [0.2, 0.25) is 0 Å². The molecule has 2 aromatic carbocycles. The Morgan fingerprint density at radius 1 is 1.00 bits per heavy atom. The summed E-state index contributed by atoms with van der Waals surface area (Å²) in [6.07, 6.45) is 1.90. The predicted octanol–water partition coefficient (Wildman–Crippen LogP) is 5.37. The van der Waals surface area contributed by atoms with Gasteiger partial charge in [0, 0.05) is 0 Å². The number of halogens is 1. The smallest absolute Gasteiger partial charge is 0.130 e. The van der Waals surface area contributed by atoms with Crippen LogP contribution in [0.1, 0.15) is 18.1 Å². The molecule has 0 N–H and O–H groups in total. The molecule has 0 spiro atoms. The molecule has 2 aromatic rings. The first-order chi connectivity index (χ1) is 9.16. The van der Waals surface area contributed by atoms with E-state index < -0.39 is 0 Å². The van der Waals surface area contributed by atoms with Crippen molar-refractivity contribution in [3.63, 3.8) is 0 Å². The van der Waals surface area contributed by atoms with Gasteiger partial charge in [-0.1, -0.05) is 54.1 Å². The van der Waals surface area contributed by atoms with E-state index in [1.165, 1.54) is 11.1 Å². The second-order valence-corrected chi connectivity index (χ2v) is 4.80. The lowest BCUT2D eigenvalue weighted by molar-refractivity contribution is 1.41. The second kappa shape index (κ2) is 6.35. The predicted molar refractivity (Wildman–Crippen MR) is 84.2 cm³/mol. The summed E-state index contributed by atoms with van der Waals surface area (Å²) in [4.78, 5) is 4.36. The summed E-state index contributed by atoms with van der Waals surface area (Å²) in [6.45, 7) is 4.14. The number of aliphatic imine (C=N–C) groups is 1. The maximum absolute atomic E-state index is 6.19. The van der Waals surface area contributed by atoms with Gasteiger partial charge in [0.05, 0.1) is 5.69 Å². The Morgan fingerprint density at radius 2 is 1.63 bits per heavy atom. The average molecular weight is 270 g/mol.